The zero-order valence-corrected chi connectivity index (χ0v) is 12.4. The summed E-state index contributed by atoms with van der Waals surface area (Å²) >= 11 is 3.46. The van der Waals surface area contributed by atoms with Crippen LogP contribution in [0.25, 0.3) is 10.9 Å². The topological polar surface area (TPSA) is 71.2 Å². The number of halogens is 1. The third-order valence-corrected chi connectivity index (χ3v) is 3.60. The molecule has 0 aliphatic heterocycles. The second-order valence-electron chi connectivity index (χ2n) is 4.53. The average Bonchev–Trinajstić information content (AvgIpc) is 2.41. The normalized spacial score (nSPS) is 12.6. The molecule has 4 N–H and O–H groups in total. The smallest absolute Gasteiger partial charge is 0.0743 e. The first-order valence-corrected chi connectivity index (χ1v) is 7.16. The van der Waals surface area contributed by atoms with Crippen molar-refractivity contribution < 1.29 is 5.11 Å². The highest BCUT2D eigenvalue weighted by molar-refractivity contribution is 9.10. The molecule has 0 saturated carbocycles. The summed E-state index contributed by atoms with van der Waals surface area (Å²) in [4.78, 5) is 4.31. The monoisotopic (exact) mass is 323 g/mol. The van der Waals surface area contributed by atoms with Crippen LogP contribution in [0, 0.1) is 0 Å². The van der Waals surface area contributed by atoms with Gasteiger partial charge in [-0.2, -0.15) is 0 Å². The van der Waals surface area contributed by atoms with Gasteiger partial charge in [-0.1, -0.05) is 22.9 Å². The van der Waals surface area contributed by atoms with Crippen molar-refractivity contribution in [1.29, 1.82) is 0 Å². The largest absolute Gasteiger partial charge is 0.396 e. The molecule has 1 atom stereocenters. The van der Waals surface area contributed by atoms with Gasteiger partial charge >= 0.3 is 0 Å². The number of nitrogens with zero attached hydrogens (tertiary/aromatic N) is 1. The SMILES string of the molecule is CCC(O)CCNc1c(N)cnc2ccc(Br)cc12. The standard InChI is InChI=1S/C14H18BrN3O/c1-2-10(19)5-6-17-14-11-7-9(15)3-4-13(11)18-8-12(14)16/h3-4,7-8,10,19H,2,5-6,16H2,1H3,(H,17,18). The molecular weight excluding hydrogens is 306 g/mol. The van der Waals surface area contributed by atoms with E-state index in [9.17, 15) is 5.11 Å². The Hall–Kier alpha value is -1.33. The Morgan fingerprint density at radius 2 is 2.26 bits per heavy atom. The Balaban J connectivity index is 2.25. The molecule has 0 aliphatic carbocycles. The van der Waals surface area contributed by atoms with Crippen molar-refractivity contribution in [2.24, 2.45) is 0 Å². The molecule has 0 saturated heterocycles. The van der Waals surface area contributed by atoms with E-state index in [0.29, 0.717) is 18.7 Å². The van der Waals surface area contributed by atoms with E-state index in [0.717, 1.165) is 27.5 Å². The van der Waals surface area contributed by atoms with Gasteiger partial charge in [-0.15, -0.1) is 0 Å². The number of nitrogens with one attached hydrogen (secondary N) is 1. The summed E-state index contributed by atoms with van der Waals surface area (Å²) in [6, 6.07) is 5.90. The van der Waals surface area contributed by atoms with Gasteiger partial charge in [0.05, 0.1) is 29.2 Å². The van der Waals surface area contributed by atoms with E-state index in [-0.39, 0.29) is 6.10 Å². The molecule has 2 rings (SSSR count). The number of rotatable bonds is 5. The second-order valence-corrected chi connectivity index (χ2v) is 5.44. The van der Waals surface area contributed by atoms with Gasteiger partial charge in [0.1, 0.15) is 0 Å². The minimum atomic E-state index is -0.270. The van der Waals surface area contributed by atoms with Crippen LogP contribution in [0.5, 0.6) is 0 Å². The number of nitrogen functional groups attached to an aromatic ring is 1. The number of aromatic nitrogens is 1. The van der Waals surface area contributed by atoms with Crippen molar-refractivity contribution in [1.82, 2.24) is 4.98 Å². The van der Waals surface area contributed by atoms with Crippen LogP contribution in [0.15, 0.2) is 28.9 Å². The number of aliphatic hydroxyl groups excluding tert-OH is 1. The van der Waals surface area contributed by atoms with Crippen molar-refractivity contribution >= 4 is 38.2 Å². The first kappa shape index (κ1) is 14.1. The molecule has 0 bridgehead atoms. The van der Waals surface area contributed by atoms with Crippen molar-refractivity contribution in [3.8, 4) is 0 Å². The van der Waals surface area contributed by atoms with E-state index in [4.69, 9.17) is 5.73 Å². The lowest BCUT2D eigenvalue weighted by Crippen LogP contribution is -2.13. The zero-order chi connectivity index (χ0) is 13.8. The highest BCUT2D eigenvalue weighted by Crippen LogP contribution is 2.30. The lowest BCUT2D eigenvalue weighted by molar-refractivity contribution is 0.164. The number of hydrogen-bond acceptors (Lipinski definition) is 4. The predicted octanol–water partition coefficient (Wildman–Crippen LogP) is 3.15. The molecule has 0 amide bonds. The van der Waals surface area contributed by atoms with Gasteiger partial charge in [0, 0.05) is 16.4 Å². The van der Waals surface area contributed by atoms with Gasteiger partial charge < -0.3 is 16.2 Å². The van der Waals surface area contributed by atoms with Crippen molar-refractivity contribution in [2.75, 3.05) is 17.6 Å². The van der Waals surface area contributed by atoms with E-state index in [1.807, 2.05) is 25.1 Å². The Kier molecular flexibility index (Phi) is 4.61. The Morgan fingerprint density at radius 3 is 3.00 bits per heavy atom. The molecule has 0 spiro atoms. The van der Waals surface area contributed by atoms with Crippen LogP contribution in [0.4, 0.5) is 11.4 Å². The van der Waals surface area contributed by atoms with Gasteiger partial charge in [-0.05, 0) is 31.0 Å². The van der Waals surface area contributed by atoms with E-state index in [2.05, 4.69) is 26.2 Å². The summed E-state index contributed by atoms with van der Waals surface area (Å²) in [5, 5.41) is 13.9. The highest BCUT2D eigenvalue weighted by Gasteiger charge is 2.08. The molecule has 1 aromatic carbocycles. The molecule has 1 unspecified atom stereocenters. The van der Waals surface area contributed by atoms with Crippen molar-refractivity contribution in [2.45, 2.75) is 25.9 Å². The number of hydrogen-bond donors (Lipinski definition) is 3. The van der Waals surface area contributed by atoms with Crippen LogP contribution in [0.1, 0.15) is 19.8 Å². The van der Waals surface area contributed by atoms with Crippen LogP contribution in [-0.2, 0) is 0 Å². The highest BCUT2D eigenvalue weighted by atomic mass is 79.9. The molecule has 0 radical (unpaired) electrons. The third kappa shape index (κ3) is 3.36. The van der Waals surface area contributed by atoms with E-state index >= 15 is 0 Å². The number of anilines is 2. The molecule has 1 heterocycles. The molecule has 4 nitrogen and oxygen atoms in total. The minimum absolute atomic E-state index is 0.270. The number of aliphatic hydroxyl groups is 1. The molecule has 1 aromatic heterocycles. The van der Waals surface area contributed by atoms with Gasteiger partial charge in [0.2, 0.25) is 0 Å². The Labute approximate surface area is 121 Å². The summed E-state index contributed by atoms with van der Waals surface area (Å²) in [6.45, 7) is 2.66. The molecule has 102 valence electrons. The molecular formula is C14H18BrN3O. The number of pyridine rings is 1. The summed E-state index contributed by atoms with van der Waals surface area (Å²) in [7, 11) is 0. The summed E-state index contributed by atoms with van der Waals surface area (Å²) in [5.41, 5.74) is 8.39. The van der Waals surface area contributed by atoms with Crippen LogP contribution in [0.3, 0.4) is 0 Å². The second kappa shape index (κ2) is 6.21. The van der Waals surface area contributed by atoms with E-state index in [1.165, 1.54) is 0 Å². The zero-order valence-electron chi connectivity index (χ0n) is 10.9. The maximum Gasteiger partial charge on any atom is 0.0743 e. The lowest BCUT2D eigenvalue weighted by atomic mass is 10.1. The van der Waals surface area contributed by atoms with E-state index < -0.39 is 0 Å². The molecule has 0 aliphatic rings. The maximum absolute atomic E-state index is 9.57. The molecule has 2 aromatic rings. The predicted molar refractivity (Wildman–Crippen MR) is 83.3 cm³/mol. The molecule has 0 fully saturated rings. The number of fused-ring (bicyclic) bond motifs is 1. The minimum Gasteiger partial charge on any atom is -0.396 e. The van der Waals surface area contributed by atoms with Crippen LogP contribution in [0.2, 0.25) is 0 Å². The first-order chi connectivity index (χ1) is 9.11. The van der Waals surface area contributed by atoms with Crippen molar-refractivity contribution in [3.05, 3.63) is 28.9 Å². The van der Waals surface area contributed by atoms with Crippen LogP contribution >= 0.6 is 15.9 Å². The van der Waals surface area contributed by atoms with Gasteiger partial charge in [-0.25, -0.2) is 0 Å². The van der Waals surface area contributed by atoms with Crippen LogP contribution < -0.4 is 11.1 Å². The van der Waals surface area contributed by atoms with Crippen molar-refractivity contribution in [3.63, 3.8) is 0 Å². The van der Waals surface area contributed by atoms with Gasteiger partial charge in [0.25, 0.3) is 0 Å². The molecule has 19 heavy (non-hydrogen) atoms. The molecule has 5 heteroatoms. The van der Waals surface area contributed by atoms with Crippen LogP contribution in [-0.4, -0.2) is 22.7 Å². The fourth-order valence-electron chi connectivity index (χ4n) is 1.95. The fraction of sp³-hybridized carbons (Fsp3) is 0.357. The average molecular weight is 324 g/mol. The number of nitrogens with two attached hydrogens (primary N) is 1. The fourth-order valence-corrected chi connectivity index (χ4v) is 2.31. The number of benzene rings is 1. The quantitative estimate of drug-likeness (QED) is 0.790. The maximum atomic E-state index is 9.57. The summed E-state index contributed by atoms with van der Waals surface area (Å²) < 4.78 is 0.990. The summed E-state index contributed by atoms with van der Waals surface area (Å²) in [5.74, 6) is 0. The Morgan fingerprint density at radius 1 is 1.47 bits per heavy atom. The summed E-state index contributed by atoms with van der Waals surface area (Å²) in [6.07, 6.45) is 2.86. The van der Waals surface area contributed by atoms with E-state index in [1.54, 1.807) is 6.20 Å². The van der Waals surface area contributed by atoms with Gasteiger partial charge in [0.15, 0.2) is 0 Å². The first-order valence-electron chi connectivity index (χ1n) is 6.37. The Bertz CT molecular complexity index is 569. The van der Waals surface area contributed by atoms with Gasteiger partial charge in [-0.3, -0.25) is 4.98 Å². The lowest BCUT2D eigenvalue weighted by Gasteiger charge is -2.14. The third-order valence-electron chi connectivity index (χ3n) is 3.11.